The molecule has 166 valence electrons. The summed E-state index contributed by atoms with van der Waals surface area (Å²) in [6.45, 7) is 5.92. The summed E-state index contributed by atoms with van der Waals surface area (Å²) >= 11 is 0. The molecule has 0 saturated carbocycles. The van der Waals surface area contributed by atoms with E-state index in [2.05, 4.69) is 16.0 Å². The van der Waals surface area contributed by atoms with E-state index in [0.717, 1.165) is 5.56 Å². The van der Waals surface area contributed by atoms with Crippen LogP contribution in [0.5, 0.6) is 0 Å². The minimum atomic E-state index is -0.766. The number of nitrogens with zero attached hydrogens (tertiary/aromatic N) is 1. The molecule has 1 fully saturated rings. The van der Waals surface area contributed by atoms with Gasteiger partial charge in [0.25, 0.3) is 0 Å². The maximum atomic E-state index is 13.2. The summed E-state index contributed by atoms with van der Waals surface area (Å²) in [7, 11) is 1.67. The van der Waals surface area contributed by atoms with E-state index in [-0.39, 0.29) is 36.6 Å². The summed E-state index contributed by atoms with van der Waals surface area (Å²) in [6.07, 6.45) is 0.107. The lowest BCUT2D eigenvalue weighted by Gasteiger charge is -2.31. The second-order valence-corrected chi connectivity index (χ2v) is 8.16. The van der Waals surface area contributed by atoms with Crippen molar-refractivity contribution in [2.75, 3.05) is 20.1 Å². The van der Waals surface area contributed by atoms with Crippen LogP contribution in [0.4, 0.5) is 0 Å². The Morgan fingerprint density at radius 2 is 1.83 bits per heavy atom. The largest absolute Gasteiger partial charge is 0.391 e. The first kappa shape index (κ1) is 23.8. The van der Waals surface area contributed by atoms with Crippen molar-refractivity contribution in [3.63, 3.8) is 0 Å². The van der Waals surface area contributed by atoms with Crippen molar-refractivity contribution in [3.8, 4) is 0 Å². The van der Waals surface area contributed by atoms with Gasteiger partial charge in [-0.15, -0.1) is 0 Å². The Kier molecular flexibility index (Phi) is 8.80. The summed E-state index contributed by atoms with van der Waals surface area (Å²) < 4.78 is 0. The number of rotatable bonds is 9. The molecular weight excluding hydrogens is 384 g/mol. The highest BCUT2D eigenvalue weighted by atomic mass is 16.3. The molecule has 1 aliphatic rings. The Bertz CT molecular complexity index is 725. The Hall–Kier alpha value is -2.45. The number of likely N-dealkylation sites (N-methyl/N-ethyl adjacent to an activating group) is 1. The van der Waals surface area contributed by atoms with Gasteiger partial charge in [0.1, 0.15) is 12.1 Å². The highest BCUT2D eigenvalue weighted by Crippen LogP contribution is 2.21. The molecule has 30 heavy (non-hydrogen) atoms. The molecule has 0 spiro atoms. The van der Waals surface area contributed by atoms with Crippen LogP contribution in [0.1, 0.15) is 32.8 Å². The van der Waals surface area contributed by atoms with Crippen LogP contribution < -0.4 is 16.0 Å². The molecule has 1 heterocycles. The number of aliphatic hydroxyl groups is 1. The molecule has 8 heteroatoms. The average Bonchev–Trinajstić information content (AvgIpc) is 3.13. The molecule has 0 aliphatic carbocycles. The van der Waals surface area contributed by atoms with Gasteiger partial charge in [-0.2, -0.15) is 0 Å². The van der Waals surface area contributed by atoms with Crippen LogP contribution in [-0.4, -0.2) is 72.1 Å². The third-order valence-electron chi connectivity index (χ3n) is 5.48. The first-order chi connectivity index (χ1) is 14.2. The fourth-order valence-corrected chi connectivity index (χ4v) is 3.50. The van der Waals surface area contributed by atoms with Gasteiger partial charge in [0, 0.05) is 19.5 Å². The van der Waals surface area contributed by atoms with Crippen molar-refractivity contribution in [1.29, 1.82) is 0 Å². The summed E-state index contributed by atoms with van der Waals surface area (Å²) in [5.41, 5.74) is 1.11. The standard InChI is InChI=1S/C22H34N4O4/c1-14(2)19(25-20(28)15(3)23-4)22(30)26-13-17(27)12-18(26)21(29)24-11-10-16-8-6-5-7-9-16/h5-9,14-15,17-19,23,27H,10-13H2,1-4H3,(H,24,29)(H,25,28)/t15-,17+,18-,19-/m0/s1. The van der Waals surface area contributed by atoms with Crippen molar-refractivity contribution < 1.29 is 19.5 Å². The van der Waals surface area contributed by atoms with Crippen LogP contribution in [0.25, 0.3) is 0 Å². The topological polar surface area (TPSA) is 111 Å². The average molecular weight is 419 g/mol. The maximum absolute atomic E-state index is 13.2. The molecule has 1 saturated heterocycles. The van der Waals surface area contributed by atoms with E-state index in [4.69, 9.17) is 0 Å². The number of likely N-dealkylation sites (tertiary alicyclic amines) is 1. The molecular formula is C22H34N4O4. The molecule has 4 N–H and O–H groups in total. The van der Waals surface area contributed by atoms with Crippen molar-refractivity contribution in [3.05, 3.63) is 35.9 Å². The van der Waals surface area contributed by atoms with Crippen molar-refractivity contribution >= 4 is 17.7 Å². The first-order valence-corrected chi connectivity index (χ1v) is 10.5. The fraction of sp³-hybridized carbons (Fsp3) is 0.591. The number of nitrogens with one attached hydrogen (secondary N) is 3. The molecule has 0 bridgehead atoms. The van der Waals surface area contributed by atoms with Crippen molar-refractivity contribution in [2.45, 2.75) is 57.8 Å². The molecule has 4 atom stereocenters. The first-order valence-electron chi connectivity index (χ1n) is 10.5. The molecule has 1 aromatic carbocycles. The number of hydrogen-bond donors (Lipinski definition) is 4. The summed E-state index contributed by atoms with van der Waals surface area (Å²) in [4.78, 5) is 39.6. The van der Waals surface area contributed by atoms with Gasteiger partial charge in [0.05, 0.1) is 12.1 Å². The Morgan fingerprint density at radius 1 is 1.17 bits per heavy atom. The third-order valence-corrected chi connectivity index (χ3v) is 5.48. The number of hydrogen-bond acceptors (Lipinski definition) is 5. The zero-order chi connectivity index (χ0) is 22.3. The van der Waals surface area contributed by atoms with E-state index < -0.39 is 24.2 Å². The van der Waals surface area contributed by atoms with E-state index in [1.165, 1.54) is 4.90 Å². The molecule has 3 amide bonds. The number of carbonyl (C=O) groups excluding carboxylic acids is 3. The zero-order valence-electron chi connectivity index (χ0n) is 18.2. The minimum Gasteiger partial charge on any atom is -0.391 e. The second-order valence-electron chi connectivity index (χ2n) is 8.16. The van der Waals surface area contributed by atoms with Crippen LogP contribution in [0.2, 0.25) is 0 Å². The predicted octanol–water partition coefficient (Wildman–Crippen LogP) is 0.0558. The summed E-state index contributed by atoms with van der Waals surface area (Å²) in [6, 6.07) is 7.85. The minimum absolute atomic E-state index is 0.0796. The summed E-state index contributed by atoms with van der Waals surface area (Å²) in [5, 5.41) is 18.6. The smallest absolute Gasteiger partial charge is 0.246 e. The van der Waals surface area contributed by atoms with Crippen LogP contribution >= 0.6 is 0 Å². The van der Waals surface area contributed by atoms with Gasteiger partial charge >= 0.3 is 0 Å². The molecule has 0 unspecified atom stereocenters. The van der Waals surface area contributed by atoms with Gasteiger partial charge in [-0.05, 0) is 31.9 Å². The van der Waals surface area contributed by atoms with Gasteiger partial charge in [0.2, 0.25) is 17.7 Å². The Morgan fingerprint density at radius 3 is 2.43 bits per heavy atom. The number of benzene rings is 1. The normalized spacial score (nSPS) is 20.7. The predicted molar refractivity (Wildman–Crippen MR) is 115 cm³/mol. The molecule has 1 aliphatic heterocycles. The van der Waals surface area contributed by atoms with E-state index in [9.17, 15) is 19.5 Å². The van der Waals surface area contributed by atoms with Gasteiger partial charge in [0.15, 0.2) is 0 Å². The van der Waals surface area contributed by atoms with Crippen molar-refractivity contribution in [2.24, 2.45) is 5.92 Å². The maximum Gasteiger partial charge on any atom is 0.246 e. The Balaban J connectivity index is 2.02. The highest BCUT2D eigenvalue weighted by molar-refractivity contribution is 5.93. The van der Waals surface area contributed by atoms with E-state index in [1.54, 1.807) is 14.0 Å². The second kappa shape index (κ2) is 11.1. The van der Waals surface area contributed by atoms with E-state index >= 15 is 0 Å². The summed E-state index contributed by atoms with van der Waals surface area (Å²) in [5.74, 6) is -1.08. The highest BCUT2D eigenvalue weighted by Gasteiger charge is 2.42. The molecule has 0 aromatic heterocycles. The number of amides is 3. The zero-order valence-corrected chi connectivity index (χ0v) is 18.2. The lowest BCUT2D eigenvalue weighted by molar-refractivity contribution is -0.142. The van der Waals surface area contributed by atoms with Gasteiger partial charge < -0.3 is 26.0 Å². The van der Waals surface area contributed by atoms with Crippen LogP contribution in [0, 0.1) is 5.92 Å². The van der Waals surface area contributed by atoms with Crippen molar-refractivity contribution in [1.82, 2.24) is 20.9 Å². The fourth-order valence-electron chi connectivity index (χ4n) is 3.50. The van der Waals surface area contributed by atoms with Crippen LogP contribution in [0.3, 0.4) is 0 Å². The SMILES string of the molecule is CN[C@@H](C)C(=O)N[C@H](C(=O)N1C[C@H](O)C[C@H]1C(=O)NCCc1ccccc1)C(C)C. The van der Waals surface area contributed by atoms with Gasteiger partial charge in [-0.3, -0.25) is 14.4 Å². The molecule has 8 nitrogen and oxygen atoms in total. The lowest BCUT2D eigenvalue weighted by Crippen LogP contribution is -2.57. The Labute approximate surface area is 178 Å². The number of aliphatic hydroxyl groups excluding tert-OH is 1. The molecule has 0 radical (unpaired) electrons. The monoisotopic (exact) mass is 418 g/mol. The van der Waals surface area contributed by atoms with E-state index in [1.807, 2.05) is 44.2 Å². The van der Waals surface area contributed by atoms with E-state index in [0.29, 0.717) is 13.0 Å². The quantitative estimate of drug-likeness (QED) is 0.453. The lowest BCUT2D eigenvalue weighted by atomic mass is 10.0. The third kappa shape index (κ3) is 6.27. The molecule has 1 aromatic rings. The van der Waals surface area contributed by atoms with Gasteiger partial charge in [-0.25, -0.2) is 0 Å². The molecule has 2 rings (SSSR count). The number of carbonyl (C=O) groups is 3. The van der Waals surface area contributed by atoms with Gasteiger partial charge in [-0.1, -0.05) is 44.2 Å². The van der Waals surface area contributed by atoms with Crippen LogP contribution in [0.15, 0.2) is 30.3 Å². The number of β-amino-alcohol motifs (C(OH)–C–C–N with tert-alkyl or cyclic N) is 1. The van der Waals surface area contributed by atoms with Crippen LogP contribution in [-0.2, 0) is 20.8 Å².